The van der Waals surface area contributed by atoms with Crippen molar-refractivity contribution in [1.29, 1.82) is 0 Å². The normalized spacial score (nSPS) is 12.7. The van der Waals surface area contributed by atoms with E-state index in [2.05, 4.69) is 15.9 Å². The predicted molar refractivity (Wildman–Crippen MR) is 109 cm³/mol. The quantitative estimate of drug-likeness (QED) is 0.587. The van der Waals surface area contributed by atoms with E-state index in [4.69, 9.17) is 5.14 Å². The van der Waals surface area contributed by atoms with Gasteiger partial charge >= 0.3 is 0 Å². The molecule has 0 aliphatic heterocycles. The van der Waals surface area contributed by atoms with Crippen LogP contribution in [0.3, 0.4) is 0 Å². The Bertz CT molecular complexity index is 1060. The Balaban J connectivity index is 1.92. The largest absolute Gasteiger partial charge is 0.345 e. The molecule has 0 saturated carbocycles. The zero-order valence-corrected chi connectivity index (χ0v) is 17.1. The van der Waals surface area contributed by atoms with Crippen LogP contribution >= 0.6 is 15.9 Å². The molecule has 2 aromatic carbocycles. The molecule has 1 unspecified atom stereocenters. The van der Waals surface area contributed by atoms with Gasteiger partial charge in [-0.3, -0.25) is 4.79 Å². The van der Waals surface area contributed by atoms with Gasteiger partial charge in [-0.2, -0.15) is 0 Å². The number of halogens is 1. The average Bonchev–Trinajstić information content (AvgIpc) is 3.00. The number of benzene rings is 2. The van der Waals surface area contributed by atoms with Gasteiger partial charge in [-0.15, -0.1) is 0 Å². The van der Waals surface area contributed by atoms with Crippen molar-refractivity contribution in [2.75, 3.05) is 0 Å². The average molecular weight is 447 g/mol. The molecule has 1 atom stereocenters. The summed E-state index contributed by atoms with van der Waals surface area (Å²) >= 11 is 3.35. The van der Waals surface area contributed by atoms with Gasteiger partial charge in [0.05, 0.1) is 5.69 Å². The number of hydrogen-bond acceptors (Lipinski definition) is 3. The third-order valence-electron chi connectivity index (χ3n) is 4.53. The summed E-state index contributed by atoms with van der Waals surface area (Å²) in [6.45, 7) is 0. The van der Waals surface area contributed by atoms with Crippen molar-refractivity contribution in [3.63, 3.8) is 0 Å². The number of sulfonamides is 1. The van der Waals surface area contributed by atoms with Crippen molar-refractivity contribution < 1.29 is 13.2 Å². The number of carbonyl (C=O) groups excluding carboxylic acids is 1. The summed E-state index contributed by atoms with van der Waals surface area (Å²) in [6, 6.07) is 19.5. The maximum absolute atomic E-state index is 12.8. The highest BCUT2D eigenvalue weighted by molar-refractivity contribution is 9.10. The molecule has 0 bridgehead atoms. The SMILES string of the molecule is Cn1c(CC(c2ccccc2)S(N)(=O)=O)ccc1C(=O)c1ccc(Br)cc1. The van der Waals surface area contributed by atoms with Gasteiger partial charge < -0.3 is 4.57 Å². The molecule has 2 N–H and O–H groups in total. The van der Waals surface area contributed by atoms with Gasteiger partial charge in [0.1, 0.15) is 5.25 Å². The topological polar surface area (TPSA) is 82.2 Å². The summed E-state index contributed by atoms with van der Waals surface area (Å²) in [5.41, 5.74) is 2.41. The minimum atomic E-state index is -3.80. The van der Waals surface area contributed by atoms with Crippen molar-refractivity contribution in [3.05, 3.63) is 93.7 Å². The fraction of sp³-hybridized carbons (Fsp3) is 0.150. The number of aromatic nitrogens is 1. The van der Waals surface area contributed by atoms with Crippen LogP contribution in [0.15, 0.2) is 71.2 Å². The van der Waals surface area contributed by atoms with Gasteiger partial charge in [0.25, 0.3) is 0 Å². The summed E-state index contributed by atoms with van der Waals surface area (Å²) in [5, 5.41) is 4.60. The first-order valence-corrected chi connectivity index (χ1v) is 10.7. The van der Waals surface area contributed by atoms with Crippen LogP contribution in [0.5, 0.6) is 0 Å². The summed E-state index contributed by atoms with van der Waals surface area (Å²) in [7, 11) is -2.05. The Labute approximate surface area is 167 Å². The number of ketones is 1. The lowest BCUT2D eigenvalue weighted by atomic mass is 10.1. The molecule has 27 heavy (non-hydrogen) atoms. The van der Waals surface area contributed by atoms with Crippen LogP contribution in [0.4, 0.5) is 0 Å². The minimum Gasteiger partial charge on any atom is -0.345 e. The van der Waals surface area contributed by atoms with Crippen molar-refractivity contribution in [2.45, 2.75) is 11.7 Å². The van der Waals surface area contributed by atoms with Crippen LogP contribution in [0.2, 0.25) is 0 Å². The second-order valence-corrected chi connectivity index (χ2v) is 8.96. The van der Waals surface area contributed by atoms with E-state index in [-0.39, 0.29) is 12.2 Å². The fourth-order valence-electron chi connectivity index (χ4n) is 3.02. The van der Waals surface area contributed by atoms with E-state index in [1.54, 1.807) is 60.1 Å². The second-order valence-electron chi connectivity index (χ2n) is 6.30. The molecule has 1 heterocycles. The summed E-state index contributed by atoms with van der Waals surface area (Å²) < 4.78 is 26.9. The van der Waals surface area contributed by atoms with Gasteiger partial charge in [-0.05, 0) is 42.0 Å². The molecule has 5 nitrogen and oxygen atoms in total. The maximum Gasteiger partial charge on any atom is 0.216 e. The van der Waals surface area contributed by atoms with Crippen LogP contribution in [0.1, 0.15) is 32.6 Å². The van der Waals surface area contributed by atoms with E-state index >= 15 is 0 Å². The van der Waals surface area contributed by atoms with Gasteiger partial charge in [-0.1, -0.05) is 46.3 Å². The third kappa shape index (κ3) is 4.37. The molecule has 3 aromatic rings. The third-order valence-corrected chi connectivity index (χ3v) is 6.29. The molecule has 7 heteroatoms. The van der Waals surface area contributed by atoms with E-state index in [9.17, 15) is 13.2 Å². The highest BCUT2D eigenvalue weighted by atomic mass is 79.9. The Hall–Kier alpha value is -2.22. The Morgan fingerprint density at radius 1 is 1.04 bits per heavy atom. The molecule has 0 radical (unpaired) electrons. The first kappa shape index (κ1) is 19.5. The molecule has 3 rings (SSSR count). The molecule has 140 valence electrons. The number of carbonyl (C=O) groups is 1. The Morgan fingerprint density at radius 3 is 2.26 bits per heavy atom. The zero-order chi connectivity index (χ0) is 19.6. The molecule has 1 aromatic heterocycles. The van der Waals surface area contributed by atoms with E-state index in [1.807, 2.05) is 18.2 Å². The lowest BCUT2D eigenvalue weighted by Crippen LogP contribution is -2.24. The minimum absolute atomic E-state index is 0.122. The van der Waals surface area contributed by atoms with E-state index in [1.165, 1.54) is 0 Å². The lowest BCUT2D eigenvalue weighted by Gasteiger charge is -2.16. The number of nitrogens with two attached hydrogens (primary N) is 1. The molecule has 0 spiro atoms. The van der Waals surface area contributed by atoms with Crippen molar-refractivity contribution in [2.24, 2.45) is 12.2 Å². The molecule has 0 saturated heterocycles. The highest BCUT2D eigenvalue weighted by Crippen LogP contribution is 2.26. The van der Waals surface area contributed by atoms with Crippen LogP contribution in [0.25, 0.3) is 0 Å². The first-order valence-electron chi connectivity index (χ1n) is 8.29. The lowest BCUT2D eigenvalue weighted by molar-refractivity contribution is 0.103. The number of rotatable bonds is 6. The fourth-order valence-corrected chi connectivity index (χ4v) is 4.22. The second kappa shape index (κ2) is 7.80. The van der Waals surface area contributed by atoms with Crippen molar-refractivity contribution >= 4 is 31.7 Å². The van der Waals surface area contributed by atoms with Gasteiger partial charge in [0.15, 0.2) is 0 Å². The number of hydrogen-bond donors (Lipinski definition) is 1. The van der Waals surface area contributed by atoms with Crippen LogP contribution < -0.4 is 5.14 Å². The molecule has 0 fully saturated rings. The van der Waals surface area contributed by atoms with Crippen LogP contribution in [-0.4, -0.2) is 18.8 Å². The van der Waals surface area contributed by atoms with Crippen LogP contribution in [0, 0.1) is 0 Å². The van der Waals surface area contributed by atoms with E-state index in [0.717, 1.165) is 10.2 Å². The van der Waals surface area contributed by atoms with Crippen molar-refractivity contribution in [1.82, 2.24) is 4.57 Å². The first-order chi connectivity index (χ1) is 12.8. The van der Waals surface area contributed by atoms with Crippen molar-refractivity contribution in [3.8, 4) is 0 Å². The predicted octanol–water partition coefficient (Wildman–Crippen LogP) is 3.59. The molecule has 0 amide bonds. The Morgan fingerprint density at radius 2 is 1.67 bits per heavy atom. The van der Waals surface area contributed by atoms with Gasteiger partial charge in [0, 0.05) is 29.2 Å². The Kier molecular flexibility index (Phi) is 5.64. The van der Waals surface area contributed by atoms with E-state index < -0.39 is 15.3 Å². The zero-order valence-electron chi connectivity index (χ0n) is 14.7. The summed E-state index contributed by atoms with van der Waals surface area (Å²) in [5.74, 6) is -0.122. The molecular formula is C20H19BrN2O3S. The standard InChI is InChI=1S/C20H19BrN2O3S/c1-23-17(13-19(27(22,25)26)14-5-3-2-4-6-14)11-12-18(23)20(24)15-7-9-16(21)10-8-15/h2-12,19H,13H2,1H3,(H2,22,25,26). The highest BCUT2D eigenvalue weighted by Gasteiger charge is 2.26. The number of primary sulfonamides is 1. The smallest absolute Gasteiger partial charge is 0.216 e. The molecule has 0 aliphatic carbocycles. The van der Waals surface area contributed by atoms with Gasteiger partial charge in [0.2, 0.25) is 15.8 Å². The van der Waals surface area contributed by atoms with Crippen LogP contribution in [-0.2, 0) is 23.5 Å². The molecule has 0 aliphatic rings. The molecular weight excluding hydrogens is 428 g/mol. The monoisotopic (exact) mass is 446 g/mol. The van der Waals surface area contributed by atoms with E-state index in [0.29, 0.717) is 16.8 Å². The maximum atomic E-state index is 12.8. The summed E-state index contributed by atoms with van der Waals surface area (Å²) in [4.78, 5) is 12.8. The summed E-state index contributed by atoms with van der Waals surface area (Å²) in [6.07, 6.45) is 0.187. The number of nitrogens with zero attached hydrogens (tertiary/aromatic N) is 1. The van der Waals surface area contributed by atoms with Gasteiger partial charge in [-0.25, -0.2) is 13.6 Å².